The van der Waals surface area contributed by atoms with Crippen molar-refractivity contribution in [2.24, 2.45) is 5.92 Å². The van der Waals surface area contributed by atoms with Gasteiger partial charge >= 0.3 is 5.97 Å². The lowest BCUT2D eigenvalue weighted by Gasteiger charge is -2.12. The molecule has 0 aromatic heterocycles. The maximum absolute atomic E-state index is 13.3. The lowest BCUT2D eigenvalue weighted by Crippen LogP contribution is -2.29. The number of carbonyl (C=O) groups is 1. The average molecular weight is 317 g/mol. The number of benzene rings is 1. The van der Waals surface area contributed by atoms with Gasteiger partial charge in [-0.25, -0.2) is 22.3 Å². The molecular weight excluding hydrogens is 301 g/mol. The fourth-order valence-corrected chi connectivity index (χ4v) is 3.52. The molecule has 0 saturated heterocycles. The molecule has 0 radical (unpaired) electrons. The number of hydrogen-bond acceptors (Lipinski definition) is 4. The molecule has 0 heterocycles. The Balaban J connectivity index is 2.12. The molecule has 2 atom stereocenters. The Morgan fingerprint density at radius 1 is 1.38 bits per heavy atom. The van der Waals surface area contributed by atoms with Crippen molar-refractivity contribution < 1.29 is 27.8 Å². The van der Waals surface area contributed by atoms with E-state index in [1.54, 1.807) is 0 Å². The number of carboxylic acid groups (broad SMARTS) is 1. The number of aliphatic hydroxyl groups is 1. The van der Waals surface area contributed by atoms with Crippen LogP contribution in [0.15, 0.2) is 23.1 Å². The highest BCUT2D eigenvalue weighted by atomic mass is 32.2. The smallest absolute Gasteiger partial charge is 0.338 e. The molecule has 1 aliphatic rings. The van der Waals surface area contributed by atoms with Gasteiger partial charge in [-0.1, -0.05) is 0 Å². The Bertz CT molecular complexity index is 646. The maximum atomic E-state index is 13.3. The van der Waals surface area contributed by atoms with E-state index < -0.39 is 33.5 Å². The number of aliphatic hydroxyl groups excluding tert-OH is 1. The van der Waals surface area contributed by atoms with E-state index in [0.29, 0.717) is 12.8 Å². The van der Waals surface area contributed by atoms with Gasteiger partial charge in [0.05, 0.1) is 16.6 Å². The summed E-state index contributed by atoms with van der Waals surface area (Å²) < 4.78 is 39.8. The number of carboxylic acids is 1. The van der Waals surface area contributed by atoms with Crippen LogP contribution in [-0.2, 0) is 10.0 Å². The van der Waals surface area contributed by atoms with Crippen molar-refractivity contribution in [2.75, 3.05) is 6.54 Å². The number of halogens is 1. The Hall–Kier alpha value is -1.51. The van der Waals surface area contributed by atoms with Gasteiger partial charge in [0.2, 0.25) is 10.0 Å². The van der Waals surface area contributed by atoms with Crippen molar-refractivity contribution in [1.29, 1.82) is 0 Å². The molecule has 0 bridgehead atoms. The van der Waals surface area contributed by atoms with Gasteiger partial charge < -0.3 is 10.2 Å². The van der Waals surface area contributed by atoms with E-state index in [9.17, 15) is 22.7 Å². The lowest BCUT2D eigenvalue weighted by molar-refractivity contribution is 0.0691. The van der Waals surface area contributed by atoms with E-state index in [4.69, 9.17) is 5.11 Å². The van der Waals surface area contributed by atoms with Crippen molar-refractivity contribution >= 4 is 16.0 Å². The zero-order chi connectivity index (χ0) is 15.6. The van der Waals surface area contributed by atoms with E-state index in [1.165, 1.54) is 0 Å². The zero-order valence-electron chi connectivity index (χ0n) is 11.1. The van der Waals surface area contributed by atoms with Crippen molar-refractivity contribution in [1.82, 2.24) is 4.72 Å². The Kier molecular flexibility index (Phi) is 4.60. The minimum atomic E-state index is -3.90. The molecule has 0 amide bonds. The van der Waals surface area contributed by atoms with E-state index in [0.717, 1.165) is 24.6 Å². The molecule has 2 unspecified atom stereocenters. The van der Waals surface area contributed by atoms with Crippen LogP contribution in [0.1, 0.15) is 29.6 Å². The molecule has 0 aliphatic heterocycles. The second kappa shape index (κ2) is 6.08. The third-order valence-corrected chi connectivity index (χ3v) is 4.98. The van der Waals surface area contributed by atoms with E-state index in [1.807, 2.05) is 0 Å². The third kappa shape index (κ3) is 3.78. The van der Waals surface area contributed by atoms with E-state index in [2.05, 4.69) is 4.72 Å². The van der Waals surface area contributed by atoms with Crippen LogP contribution in [0.25, 0.3) is 0 Å². The molecule has 21 heavy (non-hydrogen) atoms. The van der Waals surface area contributed by atoms with Gasteiger partial charge in [-0.3, -0.25) is 0 Å². The van der Waals surface area contributed by atoms with Crippen molar-refractivity contribution in [3.8, 4) is 0 Å². The predicted octanol–water partition coefficient (Wildman–Crippen LogP) is 0.963. The average Bonchev–Trinajstić information content (AvgIpc) is 2.82. The summed E-state index contributed by atoms with van der Waals surface area (Å²) in [5.74, 6) is -2.46. The molecule has 8 heteroatoms. The molecule has 1 aliphatic carbocycles. The van der Waals surface area contributed by atoms with Gasteiger partial charge in [-0.05, 0) is 43.4 Å². The van der Waals surface area contributed by atoms with Crippen LogP contribution in [0.3, 0.4) is 0 Å². The summed E-state index contributed by atoms with van der Waals surface area (Å²) in [5, 5.41) is 18.2. The lowest BCUT2D eigenvalue weighted by atomic mass is 10.1. The number of hydrogen-bond donors (Lipinski definition) is 3. The quantitative estimate of drug-likeness (QED) is 0.750. The second-order valence-corrected chi connectivity index (χ2v) is 6.90. The van der Waals surface area contributed by atoms with Gasteiger partial charge in [0.1, 0.15) is 5.82 Å². The topological polar surface area (TPSA) is 104 Å². The second-order valence-electron chi connectivity index (χ2n) is 5.13. The largest absolute Gasteiger partial charge is 0.478 e. The summed E-state index contributed by atoms with van der Waals surface area (Å²) in [6, 6.07) is 2.63. The normalized spacial score (nSPS) is 22.4. The molecule has 6 nitrogen and oxygen atoms in total. The van der Waals surface area contributed by atoms with Crippen LogP contribution in [0.5, 0.6) is 0 Å². The van der Waals surface area contributed by atoms with Crippen LogP contribution >= 0.6 is 0 Å². The monoisotopic (exact) mass is 317 g/mol. The Morgan fingerprint density at radius 2 is 2.10 bits per heavy atom. The van der Waals surface area contributed by atoms with Crippen LogP contribution in [-0.4, -0.2) is 37.2 Å². The first-order chi connectivity index (χ1) is 9.79. The van der Waals surface area contributed by atoms with Crippen LogP contribution in [0.4, 0.5) is 4.39 Å². The molecule has 0 spiro atoms. The standard InChI is InChI=1S/C13H16FNO5S/c14-12-4-3-10(6-11(12)13(17)18)21(19,20)15-7-8-1-2-9(16)5-8/h3-4,6,8-9,15-16H,1-2,5,7H2,(H,17,18). The number of rotatable bonds is 5. The van der Waals surface area contributed by atoms with Gasteiger partial charge in [0.15, 0.2) is 0 Å². The zero-order valence-corrected chi connectivity index (χ0v) is 11.9. The van der Waals surface area contributed by atoms with Gasteiger partial charge in [0, 0.05) is 6.54 Å². The minimum absolute atomic E-state index is 0.0502. The number of nitrogens with one attached hydrogen (secondary N) is 1. The van der Waals surface area contributed by atoms with E-state index >= 15 is 0 Å². The van der Waals surface area contributed by atoms with Crippen molar-refractivity contribution in [3.05, 3.63) is 29.6 Å². The molecule has 116 valence electrons. The predicted molar refractivity (Wildman–Crippen MR) is 71.9 cm³/mol. The highest BCUT2D eigenvalue weighted by Crippen LogP contribution is 2.25. The Morgan fingerprint density at radius 3 is 2.67 bits per heavy atom. The third-order valence-electron chi connectivity index (χ3n) is 3.55. The van der Waals surface area contributed by atoms with E-state index in [-0.39, 0.29) is 17.4 Å². The molecule has 1 aromatic rings. The van der Waals surface area contributed by atoms with Gasteiger partial charge in [-0.2, -0.15) is 0 Å². The highest BCUT2D eigenvalue weighted by Gasteiger charge is 2.25. The molecule has 2 rings (SSSR count). The molecule has 3 N–H and O–H groups in total. The van der Waals surface area contributed by atoms with Crippen LogP contribution in [0, 0.1) is 11.7 Å². The van der Waals surface area contributed by atoms with Gasteiger partial charge in [-0.15, -0.1) is 0 Å². The molecular formula is C13H16FNO5S. The summed E-state index contributed by atoms with van der Waals surface area (Å²) in [6.45, 7) is 0.166. The summed E-state index contributed by atoms with van der Waals surface area (Å²) in [5.41, 5.74) is -0.686. The molecule has 1 fully saturated rings. The highest BCUT2D eigenvalue weighted by molar-refractivity contribution is 7.89. The van der Waals surface area contributed by atoms with Crippen molar-refractivity contribution in [2.45, 2.75) is 30.3 Å². The summed E-state index contributed by atoms with van der Waals surface area (Å²) in [4.78, 5) is 10.5. The number of aromatic carboxylic acids is 1. The molecule has 1 aromatic carbocycles. The maximum Gasteiger partial charge on any atom is 0.338 e. The summed E-state index contributed by atoms with van der Waals surface area (Å²) >= 11 is 0. The van der Waals surface area contributed by atoms with Crippen molar-refractivity contribution in [3.63, 3.8) is 0 Å². The first kappa shape index (κ1) is 15.9. The Labute approximate surface area is 121 Å². The minimum Gasteiger partial charge on any atom is -0.478 e. The van der Waals surface area contributed by atoms with Gasteiger partial charge in [0.25, 0.3) is 0 Å². The number of sulfonamides is 1. The van der Waals surface area contributed by atoms with Crippen LogP contribution in [0.2, 0.25) is 0 Å². The fraction of sp³-hybridized carbons (Fsp3) is 0.462. The summed E-state index contributed by atoms with van der Waals surface area (Å²) in [6.07, 6.45) is 1.51. The molecule has 1 saturated carbocycles. The summed E-state index contributed by atoms with van der Waals surface area (Å²) in [7, 11) is -3.90. The van der Waals surface area contributed by atoms with Crippen LogP contribution < -0.4 is 4.72 Å². The first-order valence-electron chi connectivity index (χ1n) is 6.50. The fourth-order valence-electron chi connectivity index (χ4n) is 2.38. The first-order valence-corrected chi connectivity index (χ1v) is 7.98. The SMILES string of the molecule is O=C(O)c1cc(S(=O)(=O)NCC2CCC(O)C2)ccc1F.